The fraction of sp³-hybridized carbons (Fsp3) is 0.409. The van der Waals surface area contributed by atoms with E-state index in [2.05, 4.69) is 71.7 Å². The third-order valence-electron chi connectivity index (χ3n) is 5.70. The molecule has 0 amide bonds. The molecule has 2 atom stereocenters. The molecular formula is C22H30IN7. The Morgan fingerprint density at radius 3 is 2.70 bits per heavy atom. The third-order valence-corrected chi connectivity index (χ3v) is 5.70. The average Bonchev–Trinajstić information content (AvgIpc) is 3.44. The van der Waals surface area contributed by atoms with Crippen LogP contribution in [0.5, 0.6) is 0 Å². The zero-order valence-corrected chi connectivity index (χ0v) is 19.9. The van der Waals surface area contributed by atoms with Crippen molar-refractivity contribution < 1.29 is 0 Å². The average molecular weight is 519 g/mol. The summed E-state index contributed by atoms with van der Waals surface area (Å²) >= 11 is 0. The van der Waals surface area contributed by atoms with Gasteiger partial charge in [0.15, 0.2) is 5.96 Å². The highest BCUT2D eigenvalue weighted by atomic mass is 127. The number of guanidine groups is 1. The van der Waals surface area contributed by atoms with Gasteiger partial charge in [-0.1, -0.05) is 31.2 Å². The largest absolute Gasteiger partial charge is 0.352 e. The van der Waals surface area contributed by atoms with E-state index in [1.54, 1.807) is 0 Å². The van der Waals surface area contributed by atoms with E-state index in [-0.39, 0.29) is 24.0 Å². The second-order valence-electron chi connectivity index (χ2n) is 7.74. The van der Waals surface area contributed by atoms with Crippen LogP contribution >= 0.6 is 24.0 Å². The first-order valence-electron chi connectivity index (χ1n) is 10.2. The number of benzene rings is 1. The van der Waals surface area contributed by atoms with Crippen molar-refractivity contribution in [2.24, 2.45) is 10.9 Å². The standard InChI is InChI=1S/C22H29N7.HI/c1-18-6-9-28(15-21(18)29-11-8-25-17-29)22(23-2)26-13-19-4-3-5-20(12-19)14-27-10-7-24-16-27;/h3-5,7-8,10-12,16-18,21H,6,9,13-15H2,1-2H3,(H,23,26);1H. The molecule has 1 N–H and O–H groups in total. The minimum atomic E-state index is 0. The molecular weight excluding hydrogens is 489 g/mol. The molecule has 3 aromatic rings. The Balaban J connectivity index is 0.00000256. The second kappa shape index (κ2) is 10.6. The van der Waals surface area contributed by atoms with E-state index in [4.69, 9.17) is 0 Å². The minimum absolute atomic E-state index is 0. The quantitative estimate of drug-likeness (QED) is 0.319. The fourth-order valence-corrected chi connectivity index (χ4v) is 4.04. The van der Waals surface area contributed by atoms with Gasteiger partial charge >= 0.3 is 0 Å². The van der Waals surface area contributed by atoms with E-state index in [0.29, 0.717) is 12.0 Å². The molecule has 1 aliphatic heterocycles. The summed E-state index contributed by atoms with van der Waals surface area (Å²) in [6.45, 7) is 5.87. The number of nitrogens with zero attached hydrogens (tertiary/aromatic N) is 6. The first-order valence-corrected chi connectivity index (χ1v) is 10.2. The number of aromatic nitrogens is 4. The maximum absolute atomic E-state index is 4.55. The first-order chi connectivity index (χ1) is 14.2. The molecule has 1 fully saturated rings. The lowest BCUT2D eigenvalue weighted by molar-refractivity contribution is 0.189. The molecule has 0 saturated carbocycles. The molecule has 1 aliphatic rings. The number of hydrogen-bond acceptors (Lipinski definition) is 3. The van der Waals surface area contributed by atoms with Gasteiger partial charge in [0.1, 0.15) is 0 Å². The molecule has 2 aromatic heterocycles. The van der Waals surface area contributed by atoms with E-state index in [9.17, 15) is 0 Å². The van der Waals surface area contributed by atoms with Crippen molar-refractivity contribution in [1.29, 1.82) is 0 Å². The molecule has 0 aliphatic carbocycles. The number of hydrogen-bond donors (Lipinski definition) is 1. The summed E-state index contributed by atoms with van der Waals surface area (Å²) in [5, 5.41) is 3.55. The normalized spacial score (nSPS) is 19.4. The van der Waals surface area contributed by atoms with Crippen LogP contribution < -0.4 is 5.32 Å². The predicted molar refractivity (Wildman–Crippen MR) is 130 cm³/mol. The number of nitrogens with one attached hydrogen (secondary N) is 1. The van der Waals surface area contributed by atoms with Gasteiger partial charge in [0, 0.05) is 58.0 Å². The Labute approximate surface area is 195 Å². The molecule has 1 saturated heterocycles. The predicted octanol–water partition coefficient (Wildman–Crippen LogP) is 3.40. The van der Waals surface area contributed by atoms with Gasteiger partial charge in [0.2, 0.25) is 0 Å². The molecule has 160 valence electrons. The van der Waals surface area contributed by atoms with Crippen LogP contribution in [0.1, 0.15) is 30.5 Å². The molecule has 7 nitrogen and oxygen atoms in total. The number of likely N-dealkylation sites (tertiary alicyclic amines) is 1. The molecule has 2 unspecified atom stereocenters. The summed E-state index contributed by atoms with van der Waals surface area (Å²) in [5.41, 5.74) is 2.52. The molecule has 0 bridgehead atoms. The smallest absolute Gasteiger partial charge is 0.193 e. The van der Waals surface area contributed by atoms with Crippen LogP contribution in [0.25, 0.3) is 0 Å². The molecule has 1 aromatic carbocycles. The highest BCUT2D eigenvalue weighted by Crippen LogP contribution is 2.27. The SMILES string of the molecule is CN=C(NCc1cccc(Cn2ccnc2)c1)N1CCC(C)C(n2ccnc2)C1.I. The van der Waals surface area contributed by atoms with Gasteiger partial charge in [-0.25, -0.2) is 9.97 Å². The monoisotopic (exact) mass is 519 g/mol. The highest BCUT2D eigenvalue weighted by Gasteiger charge is 2.28. The summed E-state index contributed by atoms with van der Waals surface area (Å²) in [6.07, 6.45) is 12.6. The van der Waals surface area contributed by atoms with Gasteiger partial charge in [-0.05, 0) is 23.5 Å². The summed E-state index contributed by atoms with van der Waals surface area (Å²) in [5.74, 6) is 1.58. The number of aliphatic imine (C=N–C) groups is 1. The third kappa shape index (κ3) is 5.41. The van der Waals surface area contributed by atoms with Gasteiger partial charge in [-0.2, -0.15) is 0 Å². The minimum Gasteiger partial charge on any atom is -0.352 e. The van der Waals surface area contributed by atoms with Crippen molar-refractivity contribution in [3.63, 3.8) is 0 Å². The van der Waals surface area contributed by atoms with Crippen molar-refractivity contribution in [3.8, 4) is 0 Å². The lowest BCUT2D eigenvalue weighted by atomic mass is 9.93. The van der Waals surface area contributed by atoms with E-state index in [1.807, 2.05) is 38.3 Å². The summed E-state index contributed by atoms with van der Waals surface area (Å²) in [7, 11) is 1.86. The van der Waals surface area contributed by atoms with Crippen LogP contribution in [0.15, 0.2) is 66.7 Å². The highest BCUT2D eigenvalue weighted by molar-refractivity contribution is 14.0. The zero-order valence-electron chi connectivity index (χ0n) is 17.6. The summed E-state index contributed by atoms with van der Waals surface area (Å²) < 4.78 is 4.31. The zero-order chi connectivity index (χ0) is 20.1. The molecule has 8 heteroatoms. The van der Waals surface area contributed by atoms with Crippen LogP contribution in [-0.4, -0.2) is 50.1 Å². The van der Waals surface area contributed by atoms with E-state index in [0.717, 1.165) is 38.6 Å². The molecule has 3 heterocycles. The Morgan fingerprint density at radius 2 is 1.97 bits per heavy atom. The van der Waals surface area contributed by atoms with Gasteiger partial charge in [0.25, 0.3) is 0 Å². The molecule has 0 spiro atoms. The summed E-state index contributed by atoms with van der Waals surface area (Å²) in [4.78, 5) is 15.2. The number of piperidine rings is 1. The number of imidazole rings is 2. The van der Waals surface area contributed by atoms with Gasteiger partial charge in [-0.3, -0.25) is 4.99 Å². The van der Waals surface area contributed by atoms with Crippen LogP contribution in [0.4, 0.5) is 0 Å². The summed E-state index contributed by atoms with van der Waals surface area (Å²) in [6, 6.07) is 9.09. The van der Waals surface area contributed by atoms with Crippen LogP contribution in [0, 0.1) is 5.92 Å². The first kappa shape index (κ1) is 22.3. The van der Waals surface area contributed by atoms with E-state index in [1.165, 1.54) is 11.1 Å². The molecule has 0 radical (unpaired) electrons. The second-order valence-corrected chi connectivity index (χ2v) is 7.74. The number of rotatable bonds is 5. The van der Waals surface area contributed by atoms with Gasteiger partial charge < -0.3 is 19.4 Å². The van der Waals surface area contributed by atoms with E-state index >= 15 is 0 Å². The Morgan fingerprint density at radius 1 is 1.17 bits per heavy atom. The maximum Gasteiger partial charge on any atom is 0.193 e. The number of halogens is 1. The Bertz CT molecular complexity index is 921. The van der Waals surface area contributed by atoms with Crippen molar-refractivity contribution >= 4 is 29.9 Å². The van der Waals surface area contributed by atoms with Crippen molar-refractivity contribution in [2.45, 2.75) is 32.5 Å². The van der Waals surface area contributed by atoms with Gasteiger partial charge in [0.05, 0.1) is 18.7 Å². The maximum atomic E-state index is 4.55. The van der Waals surface area contributed by atoms with Crippen molar-refractivity contribution in [1.82, 2.24) is 29.3 Å². The van der Waals surface area contributed by atoms with E-state index < -0.39 is 0 Å². The van der Waals surface area contributed by atoms with Gasteiger partial charge in [-0.15, -0.1) is 24.0 Å². The fourth-order valence-electron chi connectivity index (χ4n) is 4.04. The molecule has 4 rings (SSSR count). The Kier molecular flexibility index (Phi) is 7.89. The molecule has 30 heavy (non-hydrogen) atoms. The van der Waals surface area contributed by atoms with Crippen LogP contribution in [0.2, 0.25) is 0 Å². The lowest BCUT2D eigenvalue weighted by Gasteiger charge is -2.39. The van der Waals surface area contributed by atoms with Crippen molar-refractivity contribution in [2.75, 3.05) is 20.1 Å². The van der Waals surface area contributed by atoms with Crippen LogP contribution in [0.3, 0.4) is 0 Å². The van der Waals surface area contributed by atoms with Crippen LogP contribution in [-0.2, 0) is 13.1 Å². The van der Waals surface area contributed by atoms with Crippen molar-refractivity contribution in [3.05, 3.63) is 72.8 Å². The lowest BCUT2D eigenvalue weighted by Crippen LogP contribution is -2.48. The topological polar surface area (TPSA) is 63.3 Å². The Hall–Kier alpha value is -2.36.